The molecule has 0 radical (unpaired) electrons. The third-order valence-corrected chi connectivity index (χ3v) is 22.5. The fourth-order valence-corrected chi connectivity index (χ4v) is 17.4. The van der Waals surface area contributed by atoms with Crippen molar-refractivity contribution in [2.75, 3.05) is 9.80 Å². The van der Waals surface area contributed by atoms with E-state index in [4.69, 9.17) is 7.16 Å². The molecule has 0 unspecified atom stereocenters. The van der Waals surface area contributed by atoms with Crippen molar-refractivity contribution in [3.63, 3.8) is 0 Å². The fraction of sp³-hybridized carbons (Fsp3) is 0.0377. The van der Waals surface area contributed by atoms with Gasteiger partial charge in [0.1, 0.15) is 11.2 Å². The first-order chi connectivity index (χ1) is 61.8. The second-order valence-electron chi connectivity index (χ2n) is 29.9. The number of nitrogens with zero attached hydrogens (tertiary/aromatic N) is 4. The summed E-state index contributed by atoms with van der Waals surface area (Å²) in [6.07, 6.45) is 0. The molecule has 22 rings (SSSR count). The number of benzene rings is 17. The summed E-state index contributed by atoms with van der Waals surface area (Å²) in [5.41, 5.74) is 20.3. The SMILES string of the molecule is [2H]c1c([2H])c([2H])c2c(c1[2H])c1c([2H])c([2H])c([2H])c([2H])c1n2-c1ccc2c(c1)N(c1c(-c3ccccc3)cccc1-c1ccccc1)c1cc(-c3ccc4oc5ccccc5c4c3)cc3c1B2c1ccc(-n2c4c([2H])c([2H])c([2H])c([2H])c4c4c([2H])c([2H])c([2H])c([2H])c42)cc1N3c1c(-c2cccc(-c3ccccc3)c2)cc(C(C)(C)C)cc1-c1cccc(-c2ccccc2)c1. The van der Waals surface area contributed by atoms with Gasteiger partial charge in [-0.05, 0) is 186 Å². The van der Waals surface area contributed by atoms with Crippen molar-refractivity contribution in [3.8, 4) is 89.3 Å². The largest absolute Gasteiger partial charge is 0.456 e. The lowest BCUT2D eigenvalue weighted by molar-refractivity contribution is 0.591. The van der Waals surface area contributed by atoms with Crippen LogP contribution in [0.5, 0.6) is 0 Å². The van der Waals surface area contributed by atoms with Crippen molar-refractivity contribution in [1.82, 2.24) is 9.13 Å². The Morgan fingerprint density at radius 2 is 0.661 bits per heavy atom. The van der Waals surface area contributed by atoms with Crippen LogP contribution in [0.3, 0.4) is 0 Å². The van der Waals surface area contributed by atoms with Gasteiger partial charge in [-0.1, -0.05) is 306 Å². The average Bonchev–Trinajstić information content (AvgIpc) is 0.846. The standard InChI is InChI=1S/C106H73BN4O/c1-106(2,3)78-64-88(75-39-26-37-72(59-75)68-29-8-4-9-30-68)105(89(65-78)76-40-27-38-73(60-76)69-31-10-5-11-32-69)111-98-67-80(109-95-50-23-18-43-85(95)86-44-19-24-51-96(86)109)55-57-92(98)107-91-56-54-79(108-93-48-21-16-41-83(93)84-42-17-22-49-94(84)108)66-97(91)110(104-81(70-33-12-6-13-34-70)46-28-47-82(104)71-35-14-7-15-36-71)99-62-77(63-100(111)103(99)107)74-53-58-102-90(61-74)87-45-20-25-52-101(87)112-102/h4-67H,1-3H3/i16D,17D,18D,19D,21D,22D,23D,24D,41D,42D,43D,44D,48D,49D,50D,51D. The summed E-state index contributed by atoms with van der Waals surface area (Å²) in [5.74, 6) is 0. The predicted molar refractivity (Wildman–Crippen MR) is 473 cm³/mol. The highest BCUT2D eigenvalue weighted by molar-refractivity contribution is 7.00. The molecule has 0 bridgehead atoms. The van der Waals surface area contributed by atoms with Crippen molar-refractivity contribution in [2.24, 2.45) is 0 Å². The predicted octanol–water partition coefficient (Wildman–Crippen LogP) is 26.8. The van der Waals surface area contributed by atoms with E-state index < -0.39 is 109 Å². The van der Waals surface area contributed by atoms with E-state index in [9.17, 15) is 19.2 Å². The molecule has 0 amide bonds. The zero-order valence-electron chi connectivity index (χ0n) is 77.0. The highest BCUT2D eigenvalue weighted by Gasteiger charge is 2.46. The number of fused-ring (bicyclic) bond motifs is 13. The minimum atomic E-state index is -0.844. The molecule has 17 aromatic carbocycles. The Bertz CT molecular complexity index is 7900. The Kier molecular flexibility index (Phi) is 11.6. The number of anilines is 6. The van der Waals surface area contributed by atoms with Crippen molar-refractivity contribution >= 4 is 123 Å². The number of hydrogen-bond donors (Lipinski definition) is 0. The lowest BCUT2D eigenvalue weighted by atomic mass is 9.33. The Hall–Kier alpha value is -14.2. The molecule has 0 fully saturated rings. The first-order valence-electron chi connectivity index (χ1n) is 45.6. The highest BCUT2D eigenvalue weighted by Crippen LogP contribution is 2.56. The maximum atomic E-state index is 10.0. The Morgan fingerprint density at radius 1 is 0.277 bits per heavy atom. The molecular weight excluding hydrogens is 1360 g/mol. The molecule has 20 aromatic rings. The van der Waals surface area contributed by atoms with E-state index >= 15 is 0 Å². The number of aromatic nitrogens is 2. The molecule has 2 aliphatic rings. The van der Waals surface area contributed by atoms with Gasteiger partial charge in [0.15, 0.2) is 0 Å². The van der Waals surface area contributed by atoms with Gasteiger partial charge in [0.2, 0.25) is 0 Å². The second-order valence-corrected chi connectivity index (χ2v) is 29.9. The van der Waals surface area contributed by atoms with E-state index in [1.165, 1.54) is 0 Å². The van der Waals surface area contributed by atoms with Gasteiger partial charge in [0.25, 0.3) is 6.71 Å². The van der Waals surface area contributed by atoms with Crippen LogP contribution in [-0.2, 0) is 5.41 Å². The summed E-state index contributed by atoms with van der Waals surface area (Å²) >= 11 is 0. The lowest BCUT2D eigenvalue weighted by Gasteiger charge is -2.46. The van der Waals surface area contributed by atoms with Crippen molar-refractivity contribution in [2.45, 2.75) is 26.2 Å². The van der Waals surface area contributed by atoms with Crippen LogP contribution in [0.1, 0.15) is 48.3 Å². The second kappa shape index (κ2) is 25.7. The molecule has 0 atom stereocenters. The van der Waals surface area contributed by atoms with Crippen LogP contribution >= 0.6 is 0 Å². The molecule has 0 aliphatic carbocycles. The van der Waals surface area contributed by atoms with Crippen LogP contribution < -0.4 is 26.2 Å². The summed E-state index contributed by atoms with van der Waals surface area (Å²) < 4.78 is 163. The van der Waals surface area contributed by atoms with Gasteiger partial charge in [0.05, 0.1) is 55.4 Å². The molecule has 112 heavy (non-hydrogen) atoms. The molecule has 3 aromatic heterocycles. The number of rotatable bonds is 11. The van der Waals surface area contributed by atoms with Crippen molar-refractivity contribution in [1.29, 1.82) is 0 Å². The van der Waals surface area contributed by atoms with Gasteiger partial charge in [-0.3, -0.25) is 0 Å². The summed E-state index contributed by atoms with van der Waals surface area (Å²) in [7, 11) is 0. The van der Waals surface area contributed by atoms with Gasteiger partial charge < -0.3 is 23.4 Å². The Balaban J connectivity index is 0.968. The molecule has 2 aliphatic heterocycles. The van der Waals surface area contributed by atoms with Gasteiger partial charge in [-0.2, -0.15) is 0 Å². The lowest BCUT2D eigenvalue weighted by Crippen LogP contribution is -2.61. The molecule has 6 heteroatoms. The van der Waals surface area contributed by atoms with E-state index in [0.717, 1.165) is 111 Å². The minimum Gasteiger partial charge on any atom is -0.456 e. The Morgan fingerprint density at radius 3 is 1.12 bits per heavy atom. The van der Waals surface area contributed by atoms with Crippen LogP contribution in [0.15, 0.2) is 392 Å². The molecule has 0 saturated carbocycles. The topological polar surface area (TPSA) is 29.5 Å². The smallest absolute Gasteiger partial charge is 0.252 e. The van der Waals surface area contributed by atoms with Gasteiger partial charge in [0, 0.05) is 88.7 Å². The molecule has 0 spiro atoms. The maximum Gasteiger partial charge on any atom is 0.252 e. The number of hydrogen-bond acceptors (Lipinski definition) is 3. The zero-order valence-corrected chi connectivity index (χ0v) is 61.0. The fourth-order valence-electron chi connectivity index (χ4n) is 17.4. The third kappa shape index (κ3) is 10.4. The summed E-state index contributed by atoms with van der Waals surface area (Å²) in [6, 6.07) is 90.9. The van der Waals surface area contributed by atoms with Gasteiger partial charge in [-0.15, -0.1) is 0 Å². The summed E-state index contributed by atoms with van der Waals surface area (Å²) in [4.78, 5) is 4.65. The quantitative estimate of drug-likeness (QED) is 0.121. The van der Waals surface area contributed by atoms with E-state index in [-0.39, 0.29) is 55.0 Å². The third-order valence-electron chi connectivity index (χ3n) is 22.5. The van der Waals surface area contributed by atoms with Crippen molar-refractivity contribution < 1.29 is 26.3 Å². The molecule has 0 N–H and O–H groups in total. The van der Waals surface area contributed by atoms with E-state index in [2.05, 4.69) is 188 Å². The van der Waals surface area contributed by atoms with Crippen LogP contribution in [0.4, 0.5) is 34.1 Å². The normalized spacial score (nSPS) is 14.5. The Labute approximate surface area is 673 Å². The molecule has 5 nitrogen and oxygen atoms in total. The molecule has 0 saturated heterocycles. The van der Waals surface area contributed by atoms with Crippen LogP contribution in [0.2, 0.25) is 0 Å². The van der Waals surface area contributed by atoms with Crippen LogP contribution in [0, 0.1) is 0 Å². The van der Waals surface area contributed by atoms with Gasteiger partial charge >= 0.3 is 0 Å². The van der Waals surface area contributed by atoms with Gasteiger partial charge in [-0.25, -0.2) is 0 Å². The highest BCUT2D eigenvalue weighted by atomic mass is 16.3. The molecular formula is C106H73BN4O. The minimum absolute atomic E-state index is 0.0687. The van der Waals surface area contributed by atoms with E-state index in [1.54, 1.807) is 9.13 Å². The average molecular weight is 1450 g/mol. The molecule has 5 heterocycles. The first kappa shape index (κ1) is 50.4. The monoisotopic (exact) mass is 1440 g/mol. The molecule has 526 valence electrons. The van der Waals surface area contributed by atoms with Crippen LogP contribution in [-0.4, -0.2) is 15.8 Å². The summed E-state index contributed by atoms with van der Waals surface area (Å²) in [6.45, 7) is 5.80. The zero-order chi connectivity index (χ0) is 88.2. The van der Waals surface area contributed by atoms with Crippen molar-refractivity contribution in [3.05, 3.63) is 393 Å². The van der Waals surface area contributed by atoms with E-state index in [0.29, 0.717) is 44.8 Å². The number of furan rings is 1. The first-order valence-corrected chi connectivity index (χ1v) is 37.6. The van der Waals surface area contributed by atoms with Crippen LogP contribution in [0.25, 0.3) is 155 Å². The number of para-hydroxylation sites is 6. The van der Waals surface area contributed by atoms with E-state index in [1.807, 2.05) is 133 Å². The summed E-state index contributed by atoms with van der Waals surface area (Å²) in [5, 5.41) is 1.38. The maximum absolute atomic E-state index is 10.0.